The van der Waals surface area contributed by atoms with Crippen molar-refractivity contribution in [2.45, 2.75) is 19.9 Å². The molecule has 18 heavy (non-hydrogen) atoms. The maximum atomic E-state index is 11.8. The molecule has 0 unspecified atom stereocenters. The summed E-state index contributed by atoms with van der Waals surface area (Å²) in [5.74, 6) is 0.167. The van der Waals surface area contributed by atoms with Crippen LogP contribution in [0.25, 0.3) is 0 Å². The Kier molecular flexibility index (Phi) is 4.66. The molecule has 2 heterocycles. The number of carbonyl (C=O) groups is 1. The molecule has 0 aromatic carbocycles. The van der Waals surface area contributed by atoms with Crippen LogP contribution in [0.3, 0.4) is 0 Å². The normalized spacial score (nSPS) is 15.9. The van der Waals surface area contributed by atoms with E-state index in [4.69, 9.17) is 4.74 Å². The molecule has 1 fully saturated rings. The number of hydrogen-bond acceptors (Lipinski definition) is 6. The SMILES string of the molecule is Cc1nonc1CNCCC(=O)N1CCOCC1. The highest BCUT2D eigenvalue weighted by molar-refractivity contribution is 5.76. The molecular weight excluding hydrogens is 236 g/mol. The van der Waals surface area contributed by atoms with Crippen molar-refractivity contribution in [3.05, 3.63) is 11.4 Å². The van der Waals surface area contributed by atoms with Crippen molar-refractivity contribution >= 4 is 5.91 Å². The van der Waals surface area contributed by atoms with Crippen LogP contribution in [0.15, 0.2) is 4.63 Å². The Labute approximate surface area is 105 Å². The van der Waals surface area contributed by atoms with Gasteiger partial charge in [-0.05, 0) is 6.92 Å². The zero-order valence-corrected chi connectivity index (χ0v) is 10.5. The van der Waals surface area contributed by atoms with Gasteiger partial charge < -0.3 is 15.0 Å². The minimum atomic E-state index is 0.167. The summed E-state index contributed by atoms with van der Waals surface area (Å²) in [6, 6.07) is 0. The van der Waals surface area contributed by atoms with Gasteiger partial charge in [-0.25, -0.2) is 4.63 Å². The highest BCUT2D eigenvalue weighted by atomic mass is 16.6. The van der Waals surface area contributed by atoms with Gasteiger partial charge in [0.1, 0.15) is 11.4 Å². The number of aromatic nitrogens is 2. The fraction of sp³-hybridized carbons (Fsp3) is 0.727. The summed E-state index contributed by atoms with van der Waals surface area (Å²) < 4.78 is 9.79. The Bertz CT molecular complexity index is 387. The molecule has 0 atom stereocenters. The summed E-state index contributed by atoms with van der Waals surface area (Å²) in [7, 11) is 0. The molecule has 0 saturated carbocycles. The van der Waals surface area contributed by atoms with Crippen LogP contribution in [-0.2, 0) is 16.1 Å². The molecule has 1 aliphatic rings. The summed E-state index contributed by atoms with van der Waals surface area (Å²) in [6.07, 6.45) is 0.490. The second kappa shape index (κ2) is 6.46. The number of nitrogens with one attached hydrogen (secondary N) is 1. The van der Waals surface area contributed by atoms with Gasteiger partial charge in [0.25, 0.3) is 0 Å². The summed E-state index contributed by atoms with van der Waals surface area (Å²) in [5.41, 5.74) is 1.57. The Hall–Kier alpha value is -1.47. The summed E-state index contributed by atoms with van der Waals surface area (Å²) in [6.45, 7) is 5.73. The number of hydrogen-bond donors (Lipinski definition) is 1. The van der Waals surface area contributed by atoms with Crippen LogP contribution < -0.4 is 5.32 Å². The lowest BCUT2D eigenvalue weighted by Gasteiger charge is -2.26. The van der Waals surface area contributed by atoms with Crippen LogP contribution in [0.1, 0.15) is 17.8 Å². The molecule has 1 aromatic heterocycles. The number of rotatable bonds is 5. The van der Waals surface area contributed by atoms with Gasteiger partial charge in [0, 0.05) is 32.6 Å². The fourth-order valence-electron chi connectivity index (χ4n) is 1.78. The molecule has 2 rings (SSSR count). The Morgan fingerprint density at radius 3 is 2.83 bits per heavy atom. The Morgan fingerprint density at radius 1 is 1.39 bits per heavy atom. The average molecular weight is 254 g/mol. The molecule has 7 heteroatoms. The largest absolute Gasteiger partial charge is 0.378 e. The van der Waals surface area contributed by atoms with Crippen molar-refractivity contribution in [2.75, 3.05) is 32.8 Å². The average Bonchev–Trinajstić information content (AvgIpc) is 2.81. The molecule has 1 aromatic rings. The highest BCUT2D eigenvalue weighted by Crippen LogP contribution is 2.01. The molecule has 1 N–H and O–H groups in total. The molecule has 0 bridgehead atoms. The van der Waals surface area contributed by atoms with E-state index < -0.39 is 0 Å². The highest BCUT2D eigenvalue weighted by Gasteiger charge is 2.16. The number of ether oxygens (including phenoxy) is 1. The summed E-state index contributed by atoms with van der Waals surface area (Å²) in [5, 5.41) is 10.6. The fourth-order valence-corrected chi connectivity index (χ4v) is 1.78. The van der Waals surface area contributed by atoms with E-state index in [-0.39, 0.29) is 5.91 Å². The lowest BCUT2D eigenvalue weighted by atomic mass is 10.3. The quantitative estimate of drug-likeness (QED) is 0.728. The lowest BCUT2D eigenvalue weighted by Crippen LogP contribution is -2.41. The maximum absolute atomic E-state index is 11.8. The van der Waals surface area contributed by atoms with Crippen LogP contribution in [0.5, 0.6) is 0 Å². The first-order valence-electron chi connectivity index (χ1n) is 6.11. The van der Waals surface area contributed by atoms with Crippen LogP contribution in [0.4, 0.5) is 0 Å². The van der Waals surface area contributed by atoms with E-state index in [0.29, 0.717) is 45.8 Å². The van der Waals surface area contributed by atoms with E-state index in [2.05, 4.69) is 20.3 Å². The first-order chi connectivity index (χ1) is 8.77. The molecule has 100 valence electrons. The molecule has 1 aliphatic heterocycles. The third-order valence-corrected chi connectivity index (χ3v) is 2.92. The summed E-state index contributed by atoms with van der Waals surface area (Å²) >= 11 is 0. The Morgan fingerprint density at radius 2 is 2.17 bits per heavy atom. The van der Waals surface area contributed by atoms with Crippen molar-refractivity contribution in [3.8, 4) is 0 Å². The predicted octanol–water partition coefficient (Wildman–Crippen LogP) is -0.283. The Balaban J connectivity index is 1.63. The molecule has 1 amide bonds. The standard InChI is InChI=1S/C11H18N4O3/c1-9-10(14-18-13-9)8-12-3-2-11(16)15-4-6-17-7-5-15/h12H,2-8H2,1H3. The first-order valence-corrected chi connectivity index (χ1v) is 6.11. The summed E-state index contributed by atoms with van der Waals surface area (Å²) in [4.78, 5) is 13.7. The maximum Gasteiger partial charge on any atom is 0.224 e. The predicted molar refractivity (Wildman–Crippen MR) is 62.8 cm³/mol. The van der Waals surface area contributed by atoms with Gasteiger partial charge in [0.2, 0.25) is 5.91 Å². The van der Waals surface area contributed by atoms with Crippen molar-refractivity contribution in [1.82, 2.24) is 20.5 Å². The molecule has 0 spiro atoms. The lowest BCUT2D eigenvalue weighted by molar-refractivity contribution is -0.135. The topological polar surface area (TPSA) is 80.5 Å². The molecular formula is C11H18N4O3. The van der Waals surface area contributed by atoms with Gasteiger partial charge in [-0.2, -0.15) is 0 Å². The van der Waals surface area contributed by atoms with Gasteiger partial charge in [-0.3, -0.25) is 4.79 Å². The van der Waals surface area contributed by atoms with Crippen LogP contribution >= 0.6 is 0 Å². The minimum Gasteiger partial charge on any atom is -0.378 e. The van der Waals surface area contributed by atoms with Gasteiger partial charge in [-0.15, -0.1) is 0 Å². The number of carbonyl (C=O) groups excluding carboxylic acids is 1. The molecule has 1 saturated heterocycles. The van der Waals surface area contributed by atoms with Crippen molar-refractivity contribution in [1.29, 1.82) is 0 Å². The van der Waals surface area contributed by atoms with Gasteiger partial charge in [0.05, 0.1) is 13.2 Å². The van der Waals surface area contributed by atoms with E-state index in [0.717, 1.165) is 11.4 Å². The van der Waals surface area contributed by atoms with Crippen LogP contribution in [-0.4, -0.2) is 54.0 Å². The van der Waals surface area contributed by atoms with Crippen LogP contribution in [0, 0.1) is 6.92 Å². The van der Waals surface area contributed by atoms with Gasteiger partial charge in [-0.1, -0.05) is 10.3 Å². The van der Waals surface area contributed by atoms with Crippen molar-refractivity contribution in [3.63, 3.8) is 0 Å². The number of amides is 1. The van der Waals surface area contributed by atoms with Crippen LogP contribution in [0.2, 0.25) is 0 Å². The van der Waals surface area contributed by atoms with E-state index >= 15 is 0 Å². The molecule has 0 radical (unpaired) electrons. The van der Waals surface area contributed by atoms with Gasteiger partial charge >= 0.3 is 0 Å². The van der Waals surface area contributed by atoms with Crippen molar-refractivity contribution in [2.24, 2.45) is 0 Å². The molecule has 0 aliphatic carbocycles. The van der Waals surface area contributed by atoms with E-state index in [1.54, 1.807) is 0 Å². The second-order valence-corrected chi connectivity index (χ2v) is 4.22. The number of morpholine rings is 1. The monoisotopic (exact) mass is 254 g/mol. The zero-order valence-electron chi connectivity index (χ0n) is 10.5. The van der Waals surface area contributed by atoms with E-state index in [1.807, 2.05) is 11.8 Å². The number of aryl methyl sites for hydroxylation is 1. The zero-order chi connectivity index (χ0) is 12.8. The third kappa shape index (κ3) is 3.51. The van der Waals surface area contributed by atoms with Crippen molar-refractivity contribution < 1.29 is 14.2 Å². The van der Waals surface area contributed by atoms with Gasteiger partial charge in [0.15, 0.2) is 0 Å². The smallest absolute Gasteiger partial charge is 0.224 e. The third-order valence-electron chi connectivity index (χ3n) is 2.92. The minimum absolute atomic E-state index is 0.167. The van der Waals surface area contributed by atoms with E-state index in [9.17, 15) is 4.79 Å². The molecule has 7 nitrogen and oxygen atoms in total. The van der Waals surface area contributed by atoms with E-state index in [1.165, 1.54) is 0 Å². The first kappa shape index (κ1) is 13.0. The number of nitrogens with zero attached hydrogens (tertiary/aromatic N) is 3. The second-order valence-electron chi connectivity index (χ2n) is 4.22.